The average molecular weight is 271 g/mol. The summed E-state index contributed by atoms with van der Waals surface area (Å²) in [4.78, 5) is 11.1. The fourth-order valence-corrected chi connectivity index (χ4v) is 1.70. The third kappa shape index (κ3) is 2.75. The second-order valence-electron chi connectivity index (χ2n) is 4.16. The largest absolute Gasteiger partial charge is 0.478 e. The SMILES string of the molecule is Cc1ccc(Oc2cc(F)ccc2C(=O)O)c(C#N)c1. The highest BCUT2D eigenvalue weighted by Gasteiger charge is 2.14. The number of hydrogen-bond donors (Lipinski definition) is 1. The van der Waals surface area contributed by atoms with Crippen LogP contribution in [0.3, 0.4) is 0 Å². The Bertz CT molecular complexity index is 720. The van der Waals surface area contributed by atoms with Gasteiger partial charge in [0.25, 0.3) is 0 Å². The lowest BCUT2D eigenvalue weighted by Crippen LogP contribution is -2.01. The summed E-state index contributed by atoms with van der Waals surface area (Å²) in [6, 6.07) is 9.96. The first kappa shape index (κ1) is 13.6. The molecule has 100 valence electrons. The zero-order valence-corrected chi connectivity index (χ0v) is 10.6. The maximum absolute atomic E-state index is 13.2. The van der Waals surface area contributed by atoms with Gasteiger partial charge in [0.2, 0.25) is 0 Å². The molecule has 0 aromatic heterocycles. The number of ether oxygens (including phenoxy) is 1. The topological polar surface area (TPSA) is 70.3 Å². The van der Waals surface area contributed by atoms with Crippen molar-refractivity contribution in [3.8, 4) is 17.6 Å². The molecule has 0 spiro atoms. The third-order valence-electron chi connectivity index (χ3n) is 2.65. The number of aromatic carboxylic acids is 1. The van der Waals surface area contributed by atoms with Gasteiger partial charge < -0.3 is 9.84 Å². The van der Waals surface area contributed by atoms with Crippen LogP contribution in [-0.2, 0) is 0 Å². The standard InChI is InChI=1S/C15H10FNO3/c1-9-2-5-13(10(6-9)8-17)20-14-7-11(16)3-4-12(14)15(18)19/h2-7H,1H3,(H,18,19). The first-order chi connectivity index (χ1) is 9.51. The molecule has 0 unspecified atom stereocenters. The maximum atomic E-state index is 13.2. The zero-order chi connectivity index (χ0) is 14.7. The molecule has 1 N–H and O–H groups in total. The molecule has 2 rings (SSSR count). The molecule has 0 amide bonds. The molecule has 0 saturated carbocycles. The van der Waals surface area contributed by atoms with Gasteiger partial charge in [0.1, 0.15) is 28.9 Å². The van der Waals surface area contributed by atoms with Gasteiger partial charge in [0.05, 0.1) is 5.56 Å². The van der Waals surface area contributed by atoms with Gasteiger partial charge in [-0.3, -0.25) is 0 Å². The van der Waals surface area contributed by atoms with E-state index in [4.69, 9.17) is 15.1 Å². The molecule has 2 aromatic carbocycles. The van der Waals surface area contributed by atoms with Crippen LogP contribution in [0.15, 0.2) is 36.4 Å². The normalized spacial score (nSPS) is 9.85. The van der Waals surface area contributed by atoms with E-state index in [0.717, 1.165) is 23.8 Å². The quantitative estimate of drug-likeness (QED) is 0.927. The van der Waals surface area contributed by atoms with Crippen molar-refractivity contribution in [1.82, 2.24) is 0 Å². The fraction of sp³-hybridized carbons (Fsp3) is 0.0667. The minimum Gasteiger partial charge on any atom is -0.478 e. The van der Waals surface area contributed by atoms with Crippen molar-refractivity contribution in [3.05, 3.63) is 58.9 Å². The molecule has 0 bridgehead atoms. The lowest BCUT2D eigenvalue weighted by Gasteiger charge is -2.10. The molecular formula is C15H10FNO3. The van der Waals surface area contributed by atoms with Crippen LogP contribution in [0.25, 0.3) is 0 Å². The van der Waals surface area contributed by atoms with Crippen molar-refractivity contribution in [2.45, 2.75) is 6.92 Å². The van der Waals surface area contributed by atoms with E-state index in [9.17, 15) is 9.18 Å². The average Bonchev–Trinajstić information content (AvgIpc) is 2.40. The predicted octanol–water partition coefficient (Wildman–Crippen LogP) is 3.50. The smallest absolute Gasteiger partial charge is 0.339 e. The molecule has 20 heavy (non-hydrogen) atoms. The Morgan fingerprint density at radius 1 is 1.25 bits per heavy atom. The molecule has 0 aliphatic carbocycles. The van der Waals surface area contributed by atoms with E-state index in [1.807, 2.05) is 13.0 Å². The van der Waals surface area contributed by atoms with E-state index in [2.05, 4.69) is 0 Å². The van der Waals surface area contributed by atoms with Crippen molar-refractivity contribution >= 4 is 5.97 Å². The minimum atomic E-state index is -1.23. The molecule has 0 heterocycles. The summed E-state index contributed by atoms with van der Waals surface area (Å²) in [6.45, 7) is 1.81. The summed E-state index contributed by atoms with van der Waals surface area (Å²) in [5.74, 6) is -1.80. The maximum Gasteiger partial charge on any atom is 0.339 e. The van der Waals surface area contributed by atoms with Crippen LogP contribution in [0, 0.1) is 24.1 Å². The summed E-state index contributed by atoms with van der Waals surface area (Å²) in [7, 11) is 0. The third-order valence-corrected chi connectivity index (χ3v) is 2.65. The van der Waals surface area contributed by atoms with Gasteiger partial charge in [0.15, 0.2) is 0 Å². The molecule has 4 nitrogen and oxygen atoms in total. The molecular weight excluding hydrogens is 261 g/mol. The van der Waals surface area contributed by atoms with E-state index >= 15 is 0 Å². The van der Waals surface area contributed by atoms with Gasteiger partial charge in [-0.1, -0.05) is 6.07 Å². The van der Waals surface area contributed by atoms with Crippen molar-refractivity contribution in [2.24, 2.45) is 0 Å². The summed E-state index contributed by atoms with van der Waals surface area (Å²) in [6.07, 6.45) is 0. The van der Waals surface area contributed by atoms with Crippen molar-refractivity contribution in [2.75, 3.05) is 0 Å². The Labute approximate surface area is 114 Å². The van der Waals surface area contributed by atoms with Crippen molar-refractivity contribution < 1.29 is 19.0 Å². The number of halogens is 1. The Hall–Kier alpha value is -2.87. The highest BCUT2D eigenvalue weighted by molar-refractivity contribution is 5.91. The highest BCUT2D eigenvalue weighted by Crippen LogP contribution is 2.29. The first-order valence-electron chi connectivity index (χ1n) is 5.72. The fourth-order valence-electron chi connectivity index (χ4n) is 1.70. The molecule has 0 radical (unpaired) electrons. The van der Waals surface area contributed by atoms with Crippen LogP contribution in [0.4, 0.5) is 4.39 Å². The molecule has 0 aliphatic rings. The number of carboxylic acids is 1. The number of nitriles is 1. The van der Waals surface area contributed by atoms with E-state index in [1.165, 1.54) is 0 Å². The molecule has 0 atom stereocenters. The highest BCUT2D eigenvalue weighted by atomic mass is 19.1. The number of benzene rings is 2. The summed E-state index contributed by atoms with van der Waals surface area (Å²) >= 11 is 0. The van der Waals surface area contributed by atoms with E-state index in [-0.39, 0.29) is 22.6 Å². The lowest BCUT2D eigenvalue weighted by atomic mass is 10.1. The van der Waals surface area contributed by atoms with Gasteiger partial charge >= 0.3 is 5.97 Å². The zero-order valence-electron chi connectivity index (χ0n) is 10.6. The van der Waals surface area contributed by atoms with E-state index < -0.39 is 11.8 Å². The molecule has 0 saturated heterocycles. The van der Waals surface area contributed by atoms with Crippen molar-refractivity contribution in [3.63, 3.8) is 0 Å². The summed E-state index contributed by atoms with van der Waals surface area (Å²) < 4.78 is 18.6. The van der Waals surface area contributed by atoms with Crippen LogP contribution >= 0.6 is 0 Å². The molecule has 0 aliphatic heterocycles. The lowest BCUT2D eigenvalue weighted by molar-refractivity contribution is 0.0694. The molecule has 2 aromatic rings. The van der Waals surface area contributed by atoms with Crippen molar-refractivity contribution in [1.29, 1.82) is 5.26 Å². The van der Waals surface area contributed by atoms with Crippen LogP contribution in [0.1, 0.15) is 21.5 Å². The van der Waals surface area contributed by atoms with Gasteiger partial charge in [-0.2, -0.15) is 5.26 Å². The number of carbonyl (C=O) groups is 1. The summed E-state index contributed by atoms with van der Waals surface area (Å²) in [5, 5.41) is 18.1. The Morgan fingerprint density at radius 3 is 2.65 bits per heavy atom. The second-order valence-corrected chi connectivity index (χ2v) is 4.16. The Kier molecular flexibility index (Phi) is 3.67. The Balaban J connectivity index is 2.47. The van der Waals surface area contributed by atoms with Gasteiger partial charge in [-0.05, 0) is 36.8 Å². The van der Waals surface area contributed by atoms with E-state index in [1.54, 1.807) is 18.2 Å². The number of nitrogens with zero attached hydrogens (tertiary/aromatic N) is 1. The Morgan fingerprint density at radius 2 is 2.00 bits per heavy atom. The van der Waals surface area contributed by atoms with Crippen LogP contribution < -0.4 is 4.74 Å². The second kappa shape index (κ2) is 5.41. The number of aryl methyl sites for hydroxylation is 1. The number of carboxylic acid groups (broad SMARTS) is 1. The van der Waals surface area contributed by atoms with E-state index in [0.29, 0.717) is 0 Å². The van der Waals surface area contributed by atoms with Crippen LogP contribution in [0.5, 0.6) is 11.5 Å². The van der Waals surface area contributed by atoms with Gasteiger partial charge in [-0.25, -0.2) is 9.18 Å². The predicted molar refractivity (Wildman–Crippen MR) is 69.3 cm³/mol. The van der Waals surface area contributed by atoms with Gasteiger partial charge in [-0.15, -0.1) is 0 Å². The molecule has 0 fully saturated rings. The molecule has 5 heteroatoms. The van der Waals surface area contributed by atoms with Crippen LogP contribution in [-0.4, -0.2) is 11.1 Å². The summed E-state index contributed by atoms with van der Waals surface area (Å²) in [5.41, 5.74) is 0.952. The first-order valence-corrected chi connectivity index (χ1v) is 5.72. The minimum absolute atomic E-state index is 0.141. The monoisotopic (exact) mass is 271 g/mol. The van der Waals surface area contributed by atoms with Gasteiger partial charge in [0, 0.05) is 6.07 Å². The number of hydrogen-bond acceptors (Lipinski definition) is 3. The number of rotatable bonds is 3. The van der Waals surface area contributed by atoms with Crippen LogP contribution in [0.2, 0.25) is 0 Å².